The summed E-state index contributed by atoms with van der Waals surface area (Å²) in [5.41, 5.74) is 2.80. The van der Waals surface area contributed by atoms with Gasteiger partial charge >= 0.3 is 0 Å². The minimum atomic E-state index is -0.488. The zero-order chi connectivity index (χ0) is 12.4. The van der Waals surface area contributed by atoms with Gasteiger partial charge in [0.25, 0.3) is 0 Å². The monoisotopic (exact) mass is 311 g/mol. The predicted molar refractivity (Wildman–Crippen MR) is 74.4 cm³/mol. The Morgan fingerprint density at radius 3 is 2.71 bits per heavy atom. The van der Waals surface area contributed by atoms with Gasteiger partial charge in [0.1, 0.15) is 0 Å². The molecule has 1 atom stereocenters. The number of thiophene rings is 1. The average molecular weight is 312 g/mol. The molecule has 0 amide bonds. The Labute approximate surface area is 113 Å². The van der Waals surface area contributed by atoms with Crippen LogP contribution in [0.1, 0.15) is 27.9 Å². The number of pyridine rings is 1. The van der Waals surface area contributed by atoms with Crippen LogP contribution in [-0.2, 0) is 6.42 Å². The van der Waals surface area contributed by atoms with Crippen molar-refractivity contribution in [2.45, 2.75) is 26.4 Å². The highest BCUT2D eigenvalue weighted by Crippen LogP contribution is 2.28. The van der Waals surface area contributed by atoms with Crippen molar-refractivity contribution in [2.75, 3.05) is 0 Å². The molecule has 0 spiro atoms. The molecule has 1 N–H and O–H groups in total. The highest BCUT2D eigenvalue weighted by molar-refractivity contribution is 9.10. The minimum absolute atomic E-state index is 0.488. The molecule has 2 aromatic heterocycles. The lowest BCUT2D eigenvalue weighted by Crippen LogP contribution is -2.05. The Hall–Kier alpha value is -0.710. The number of aliphatic hydroxyl groups excluding tert-OH is 1. The van der Waals surface area contributed by atoms with Crippen LogP contribution in [0.2, 0.25) is 0 Å². The predicted octanol–water partition coefficient (Wildman–Crippen LogP) is 3.80. The first-order valence-electron chi connectivity index (χ1n) is 5.42. The highest BCUT2D eigenvalue weighted by Gasteiger charge is 2.14. The zero-order valence-corrected chi connectivity index (χ0v) is 12.2. The van der Waals surface area contributed by atoms with Crippen LogP contribution in [0.25, 0.3) is 0 Å². The van der Waals surface area contributed by atoms with Gasteiger partial charge in [-0.25, -0.2) is 0 Å². The Morgan fingerprint density at radius 1 is 1.35 bits per heavy atom. The summed E-state index contributed by atoms with van der Waals surface area (Å²) in [7, 11) is 0. The molecule has 0 aromatic carbocycles. The van der Waals surface area contributed by atoms with E-state index in [0.717, 1.165) is 26.3 Å². The van der Waals surface area contributed by atoms with Gasteiger partial charge in [-0.1, -0.05) is 6.07 Å². The van der Waals surface area contributed by atoms with Crippen molar-refractivity contribution in [2.24, 2.45) is 0 Å². The summed E-state index contributed by atoms with van der Waals surface area (Å²) >= 11 is 5.14. The summed E-state index contributed by atoms with van der Waals surface area (Å²) in [6, 6.07) is 5.91. The van der Waals surface area contributed by atoms with Gasteiger partial charge in [0.05, 0.1) is 6.10 Å². The normalized spacial score (nSPS) is 12.7. The first kappa shape index (κ1) is 12.7. The average Bonchev–Trinajstić information content (AvgIpc) is 2.64. The summed E-state index contributed by atoms with van der Waals surface area (Å²) in [5, 5.41) is 12.3. The number of hydrogen-bond donors (Lipinski definition) is 1. The first-order chi connectivity index (χ1) is 8.08. The molecular weight excluding hydrogens is 298 g/mol. The summed E-state index contributed by atoms with van der Waals surface area (Å²) in [4.78, 5) is 5.54. The van der Waals surface area contributed by atoms with Gasteiger partial charge in [-0.05, 0) is 47.3 Å². The zero-order valence-electron chi connectivity index (χ0n) is 9.77. The lowest BCUT2D eigenvalue weighted by molar-refractivity contribution is 0.178. The summed E-state index contributed by atoms with van der Waals surface area (Å²) in [6.45, 7) is 3.90. The van der Waals surface area contributed by atoms with Crippen molar-refractivity contribution in [1.82, 2.24) is 4.98 Å². The number of rotatable bonds is 3. The number of aliphatic hydroxyl groups is 1. The molecule has 0 saturated carbocycles. The SMILES string of the molecule is Cc1ccc(C(O)Cc2sccc2Br)c(C)n1. The van der Waals surface area contributed by atoms with Crippen LogP contribution < -0.4 is 0 Å². The van der Waals surface area contributed by atoms with Crippen LogP contribution in [0.3, 0.4) is 0 Å². The Bertz CT molecular complexity index is 524. The topological polar surface area (TPSA) is 33.1 Å². The Balaban J connectivity index is 2.20. The maximum absolute atomic E-state index is 10.2. The smallest absolute Gasteiger partial charge is 0.0856 e. The van der Waals surface area contributed by atoms with Crippen molar-refractivity contribution in [1.29, 1.82) is 0 Å². The van der Waals surface area contributed by atoms with Crippen LogP contribution in [0.15, 0.2) is 28.1 Å². The van der Waals surface area contributed by atoms with E-state index in [0.29, 0.717) is 6.42 Å². The maximum Gasteiger partial charge on any atom is 0.0856 e. The van der Waals surface area contributed by atoms with E-state index in [1.165, 1.54) is 0 Å². The fourth-order valence-corrected chi connectivity index (χ4v) is 3.36. The van der Waals surface area contributed by atoms with E-state index < -0.39 is 6.10 Å². The molecule has 1 unspecified atom stereocenters. The molecule has 0 radical (unpaired) electrons. The molecule has 0 aliphatic rings. The molecule has 0 fully saturated rings. The van der Waals surface area contributed by atoms with E-state index in [2.05, 4.69) is 20.9 Å². The molecule has 90 valence electrons. The summed E-state index contributed by atoms with van der Waals surface area (Å²) in [5.74, 6) is 0. The minimum Gasteiger partial charge on any atom is -0.388 e. The fourth-order valence-electron chi connectivity index (χ4n) is 1.81. The molecule has 2 heterocycles. The lowest BCUT2D eigenvalue weighted by atomic mass is 10.0. The number of aryl methyl sites for hydroxylation is 2. The summed E-state index contributed by atoms with van der Waals surface area (Å²) < 4.78 is 1.07. The van der Waals surface area contributed by atoms with Crippen molar-refractivity contribution in [3.63, 3.8) is 0 Å². The van der Waals surface area contributed by atoms with Gasteiger partial charge in [0.15, 0.2) is 0 Å². The van der Waals surface area contributed by atoms with E-state index in [4.69, 9.17) is 0 Å². The number of aromatic nitrogens is 1. The van der Waals surface area contributed by atoms with Gasteiger partial charge in [0.2, 0.25) is 0 Å². The number of nitrogens with zero attached hydrogens (tertiary/aromatic N) is 1. The van der Waals surface area contributed by atoms with Gasteiger partial charge in [-0.15, -0.1) is 11.3 Å². The van der Waals surface area contributed by atoms with Crippen LogP contribution in [0.5, 0.6) is 0 Å². The van der Waals surface area contributed by atoms with Crippen LogP contribution in [0.4, 0.5) is 0 Å². The van der Waals surface area contributed by atoms with E-state index in [-0.39, 0.29) is 0 Å². The molecule has 4 heteroatoms. The molecule has 2 nitrogen and oxygen atoms in total. The standard InChI is InChI=1S/C13H14BrNOS/c1-8-3-4-10(9(2)15-8)12(16)7-13-11(14)5-6-17-13/h3-6,12,16H,7H2,1-2H3. The fraction of sp³-hybridized carbons (Fsp3) is 0.308. The van der Waals surface area contributed by atoms with E-state index >= 15 is 0 Å². The van der Waals surface area contributed by atoms with Gasteiger partial charge in [-0.2, -0.15) is 0 Å². The molecule has 0 aliphatic heterocycles. The van der Waals surface area contributed by atoms with E-state index in [9.17, 15) is 5.11 Å². The second-order valence-electron chi connectivity index (χ2n) is 4.04. The van der Waals surface area contributed by atoms with Crippen LogP contribution in [-0.4, -0.2) is 10.1 Å². The molecule has 2 aromatic rings. The molecule has 2 rings (SSSR count). The van der Waals surface area contributed by atoms with Gasteiger partial charge < -0.3 is 5.11 Å². The molecule has 0 bridgehead atoms. The number of halogens is 1. The lowest BCUT2D eigenvalue weighted by Gasteiger charge is -2.13. The third-order valence-electron chi connectivity index (χ3n) is 2.69. The van der Waals surface area contributed by atoms with Gasteiger partial charge in [0, 0.05) is 32.7 Å². The first-order valence-corrected chi connectivity index (χ1v) is 7.09. The van der Waals surface area contributed by atoms with Crippen molar-refractivity contribution < 1.29 is 5.11 Å². The molecule has 0 saturated heterocycles. The van der Waals surface area contributed by atoms with E-state index in [1.807, 2.05) is 37.4 Å². The molecule has 0 aliphatic carbocycles. The summed E-state index contributed by atoms with van der Waals surface area (Å²) in [6.07, 6.45) is 0.141. The molecule has 17 heavy (non-hydrogen) atoms. The third kappa shape index (κ3) is 2.94. The van der Waals surface area contributed by atoms with Gasteiger partial charge in [-0.3, -0.25) is 4.98 Å². The Morgan fingerprint density at radius 2 is 2.12 bits per heavy atom. The van der Waals surface area contributed by atoms with Crippen LogP contribution in [0, 0.1) is 13.8 Å². The largest absolute Gasteiger partial charge is 0.388 e. The quantitative estimate of drug-likeness (QED) is 0.935. The van der Waals surface area contributed by atoms with Crippen molar-refractivity contribution in [3.05, 3.63) is 49.9 Å². The highest BCUT2D eigenvalue weighted by atomic mass is 79.9. The Kier molecular flexibility index (Phi) is 3.97. The van der Waals surface area contributed by atoms with Crippen LogP contribution >= 0.6 is 27.3 Å². The van der Waals surface area contributed by atoms with Crippen molar-refractivity contribution in [3.8, 4) is 0 Å². The van der Waals surface area contributed by atoms with E-state index in [1.54, 1.807) is 11.3 Å². The second-order valence-corrected chi connectivity index (χ2v) is 5.89. The number of hydrogen-bond acceptors (Lipinski definition) is 3. The third-order valence-corrected chi connectivity index (χ3v) is 4.64. The van der Waals surface area contributed by atoms with Crippen molar-refractivity contribution >= 4 is 27.3 Å². The molecular formula is C13H14BrNOS. The second kappa shape index (κ2) is 5.29. The maximum atomic E-state index is 10.2.